The van der Waals surface area contributed by atoms with Crippen molar-refractivity contribution < 1.29 is 23.5 Å². The van der Waals surface area contributed by atoms with Crippen LogP contribution in [0.3, 0.4) is 0 Å². The second kappa shape index (κ2) is 12.2. The van der Waals surface area contributed by atoms with Crippen molar-refractivity contribution in [2.75, 3.05) is 13.7 Å². The molecule has 0 aliphatic heterocycles. The molecule has 0 fully saturated rings. The van der Waals surface area contributed by atoms with Crippen molar-refractivity contribution in [2.24, 2.45) is 0 Å². The molecule has 2 aromatic carbocycles. The minimum Gasteiger partial charge on any atom is -0.493 e. The Morgan fingerprint density at radius 1 is 1.03 bits per heavy atom. The number of rotatable bonds is 12. The van der Waals surface area contributed by atoms with Crippen LogP contribution in [0.2, 0.25) is 0 Å². The number of oxazole rings is 1. The molecule has 0 radical (unpaired) electrons. The van der Waals surface area contributed by atoms with E-state index in [1.165, 1.54) is 7.11 Å². The zero-order valence-electron chi connectivity index (χ0n) is 21.5. The van der Waals surface area contributed by atoms with Crippen molar-refractivity contribution in [1.82, 2.24) is 9.55 Å². The van der Waals surface area contributed by atoms with Crippen LogP contribution >= 0.6 is 0 Å². The molecule has 0 N–H and O–H groups in total. The Hall–Kier alpha value is -4.13. The molecule has 0 saturated heterocycles. The molecule has 1 unspecified atom stereocenters. The maximum absolute atomic E-state index is 12.6. The molecule has 0 bridgehead atoms. The first-order valence-electron chi connectivity index (χ1n) is 12.5. The third-order valence-electron chi connectivity index (χ3n) is 6.22. The van der Waals surface area contributed by atoms with E-state index in [0.717, 1.165) is 34.8 Å². The Bertz CT molecular complexity index is 1320. The number of aromatic nitrogens is 2. The lowest BCUT2D eigenvalue weighted by Gasteiger charge is -2.19. The molecule has 192 valence electrons. The van der Waals surface area contributed by atoms with E-state index in [4.69, 9.17) is 13.9 Å². The van der Waals surface area contributed by atoms with Crippen molar-refractivity contribution in [3.63, 3.8) is 0 Å². The molecule has 2 aromatic heterocycles. The summed E-state index contributed by atoms with van der Waals surface area (Å²) in [5.74, 6) is 1.75. The van der Waals surface area contributed by atoms with Gasteiger partial charge in [-0.05, 0) is 55.3 Å². The van der Waals surface area contributed by atoms with E-state index < -0.39 is 6.04 Å². The number of esters is 1. The quantitative estimate of drug-likeness (QED) is 0.175. The van der Waals surface area contributed by atoms with E-state index in [1.807, 2.05) is 68.4 Å². The smallest absolute Gasteiger partial charge is 0.329 e. The minimum absolute atomic E-state index is 0.0170. The second-order valence-electron chi connectivity index (χ2n) is 8.85. The van der Waals surface area contributed by atoms with Gasteiger partial charge in [0.05, 0.1) is 25.1 Å². The first-order valence-corrected chi connectivity index (χ1v) is 12.5. The zero-order chi connectivity index (χ0) is 26.2. The summed E-state index contributed by atoms with van der Waals surface area (Å²) >= 11 is 0. The average molecular weight is 501 g/mol. The van der Waals surface area contributed by atoms with Gasteiger partial charge in [-0.3, -0.25) is 4.79 Å². The predicted molar refractivity (Wildman–Crippen MR) is 141 cm³/mol. The number of nitrogens with zero attached hydrogens (tertiary/aromatic N) is 2. The molecule has 1 atom stereocenters. The lowest BCUT2D eigenvalue weighted by molar-refractivity contribution is -0.144. The minimum atomic E-state index is -0.628. The van der Waals surface area contributed by atoms with E-state index in [9.17, 15) is 9.59 Å². The normalized spacial score (nSPS) is 11.8. The van der Waals surface area contributed by atoms with E-state index in [1.54, 1.807) is 22.9 Å². The third-order valence-corrected chi connectivity index (χ3v) is 6.22. The van der Waals surface area contributed by atoms with Crippen molar-refractivity contribution >= 4 is 11.8 Å². The van der Waals surface area contributed by atoms with Crippen LogP contribution in [0.1, 0.15) is 53.3 Å². The molecule has 0 aliphatic rings. The number of ketones is 1. The van der Waals surface area contributed by atoms with Crippen molar-refractivity contribution in [2.45, 2.75) is 45.6 Å². The molecule has 7 nitrogen and oxygen atoms in total. The third kappa shape index (κ3) is 6.36. The summed E-state index contributed by atoms with van der Waals surface area (Å²) in [5, 5.41) is 0. The highest BCUT2D eigenvalue weighted by molar-refractivity contribution is 5.95. The highest BCUT2D eigenvalue weighted by atomic mass is 16.5. The number of ether oxygens (including phenoxy) is 2. The van der Waals surface area contributed by atoms with E-state index >= 15 is 0 Å². The largest absolute Gasteiger partial charge is 0.493 e. The maximum Gasteiger partial charge on any atom is 0.329 e. The zero-order valence-corrected chi connectivity index (χ0v) is 21.5. The highest BCUT2D eigenvalue weighted by Gasteiger charge is 2.25. The summed E-state index contributed by atoms with van der Waals surface area (Å²) < 4.78 is 18.5. The number of hydrogen-bond acceptors (Lipinski definition) is 6. The first-order chi connectivity index (χ1) is 18.0. The SMILES string of the molecule is CCCC(=O)c1cccn1C(Cc1ccc(OCCc2nc(-c3ccccc3)oc2C)cc1)C(=O)OC. The summed E-state index contributed by atoms with van der Waals surface area (Å²) in [4.78, 5) is 29.8. The van der Waals surface area contributed by atoms with Gasteiger partial charge < -0.3 is 18.5 Å². The summed E-state index contributed by atoms with van der Waals surface area (Å²) in [6.07, 6.45) is 3.96. The molecule has 37 heavy (non-hydrogen) atoms. The number of aryl methyl sites for hydroxylation is 1. The van der Waals surface area contributed by atoms with Crippen LogP contribution < -0.4 is 4.74 Å². The standard InChI is InChI=1S/C30H32N2O5/c1-4-9-28(33)26-12-8-18-32(26)27(30(34)35-3)20-22-13-15-24(16-14-22)36-19-17-25-21(2)37-29(31-25)23-10-6-5-7-11-23/h5-8,10-16,18,27H,4,9,17,19-20H2,1-3H3. The Kier molecular flexibility index (Phi) is 8.56. The van der Waals surface area contributed by atoms with Gasteiger partial charge in [0, 0.05) is 31.0 Å². The first kappa shape index (κ1) is 25.9. The van der Waals surface area contributed by atoms with Gasteiger partial charge in [0.15, 0.2) is 5.78 Å². The van der Waals surface area contributed by atoms with Crippen LogP contribution in [0.5, 0.6) is 5.75 Å². The predicted octanol–water partition coefficient (Wildman–Crippen LogP) is 6.01. The van der Waals surface area contributed by atoms with Gasteiger partial charge in [0.2, 0.25) is 5.89 Å². The molecular weight excluding hydrogens is 468 g/mol. The number of hydrogen-bond donors (Lipinski definition) is 0. The number of methoxy groups -OCH3 is 1. The molecule has 0 amide bonds. The lowest BCUT2D eigenvalue weighted by Crippen LogP contribution is -2.25. The van der Waals surface area contributed by atoms with Gasteiger partial charge in [-0.1, -0.05) is 37.3 Å². The molecule has 4 rings (SSSR count). The lowest BCUT2D eigenvalue weighted by atomic mass is 10.0. The van der Waals surface area contributed by atoms with Gasteiger partial charge in [-0.25, -0.2) is 9.78 Å². The molecule has 7 heteroatoms. The number of benzene rings is 2. The monoisotopic (exact) mass is 500 g/mol. The summed E-state index contributed by atoms with van der Waals surface area (Å²) in [6, 6.07) is 20.3. The second-order valence-corrected chi connectivity index (χ2v) is 8.85. The molecule has 0 saturated carbocycles. The van der Waals surface area contributed by atoms with Crippen LogP contribution in [0, 0.1) is 6.92 Å². The molecule has 0 aliphatic carbocycles. The van der Waals surface area contributed by atoms with Crippen LogP contribution in [0.15, 0.2) is 77.3 Å². The van der Waals surface area contributed by atoms with Gasteiger partial charge >= 0.3 is 5.97 Å². The van der Waals surface area contributed by atoms with Crippen LogP contribution in [0.4, 0.5) is 0 Å². The Balaban J connectivity index is 1.38. The average Bonchev–Trinajstić information content (AvgIpc) is 3.55. The number of Topliss-reactive ketones (excluding diaryl/α,β-unsaturated/α-hetero) is 1. The van der Waals surface area contributed by atoms with Crippen molar-refractivity contribution in [1.29, 1.82) is 0 Å². The summed E-state index contributed by atoms with van der Waals surface area (Å²) in [5.41, 5.74) is 3.28. The van der Waals surface area contributed by atoms with Crippen molar-refractivity contribution in [3.8, 4) is 17.2 Å². The van der Waals surface area contributed by atoms with Crippen LogP contribution in [-0.2, 0) is 22.4 Å². The summed E-state index contributed by atoms with van der Waals surface area (Å²) in [6.45, 7) is 4.33. The van der Waals surface area contributed by atoms with E-state index in [-0.39, 0.29) is 11.8 Å². The fourth-order valence-corrected chi connectivity index (χ4v) is 4.26. The van der Waals surface area contributed by atoms with E-state index in [2.05, 4.69) is 4.98 Å². The Morgan fingerprint density at radius 3 is 2.49 bits per heavy atom. The number of carbonyl (C=O) groups excluding carboxylic acids is 2. The Morgan fingerprint density at radius 2 is 1.78 bits per heavy atom. The van der Waals surface area contributed by atoms with Gasteiger partial charge in [-0.15, -0.1) is 0 Å². The highest BCUT2D eigenvalue weighted by Crippen LogP contribution is 2.24. The maximum atomic E-state index is 12.6. The van der Waals surface area contributed by atoms with Crippen LogP contribution in [0.25, 0.3) is 11.5 Å². The van der Waals surface area contributed by atoms with Crippen molar-refractivity contribution in [3.05, 3.63) is 95.6 Å². The van der Waals surface area contributed by atoms with Gasteiger partial charge in [0.1, 0.15) is 17.6 Å². The fourth-order valence-electron chi connectivity index (χ4n) is 4.26. The molecule has 0 spiro atoms. The van der Waals surface area contributed by atoms with E-state index in [0.29, 0.717) is 37.5 Å². The number of carbonyl (C=O) groups is 2. The molecule has 4 aromatic rings. The molecular formula is C30H32N2O5. The topological polar surface area (TPSA) is 83.6 Å². The van der Waals surface area contributed by atoms with Gasteiger partial charge in [0.25, 0.3) is 0 Å². The summed E-state index contributed by atoms with van der Waals surface area (Å²) in [7, 11) is 1.36. The Labute approximate surface area is 217 Å². The fraction of sp³-hybridized carbons (Fsp3) is 0.300. The van der Waals surface area contributed by atoms with Crippen LogP contribution in [-0.4, -0.2) is 35.0 Å². The molecule has 2 heterocycles. The van der Waals surface area contributed by atoms with Gasteiger partial charge in [-0.2, -0.15) is 0 Å².